The van der Waals surface area contributed by atoms with Gasteiger partial charge in [-0.2, -0.15) is 0 Å². The number of rotatable bonds is 7. The van der Waals surface area contributed by atoms with Gasteiger partial charge in [0.15, 0.2) is 5.82 Å². The Balaban J connectivity index is 2.25. The van der Waals surface area contributed by atoms with E-state index in [-0.39, 0.29) is 6.04 Å². The summed E-state index contributed by atoms with van der Waals surface area (Å²) in [5, 5.41) is 5.54. The van der Waals surface area contributed by atoms with Gasteiger partial charge in [0.1, 0.15) is 18.2 Å². The topological polar surface area (TPSA) is 85.1 Å². The van der Waals surface area contributed by atoms with Gasteiger partial charge in [0.25, 0.3) is 0 Å². The van der Waals surface area contributed by atoms with Gasteiger partial charge in [-0.1, -0.05) is 19.9 Å². The quantitative estimate of drug-likeness (QED) is 0.539. The molecule has 0 aliphatic rings. The highest BCUT2D eigenvalue weighted by molar-refractivity contribution is 7.10. The average Bonchev–Trinajstić information content (AvgIpc) is 2.98. The first kappa shape index (κ1) is 15.7. The van der Waals surface area contributed by atoms with E-state index in [0.717, 1.165) is 5.82 Å². The van der Waals surface area contributed by atoms with Gasteiger partial charge < -0.3 is 15.5 Å². The lowest BCUT2D eigenvalue weighted by Crippen LogP contribution is -2.18. The van der Waals surface area contributed by atoms with Crippen LogP contribution in [-0.4, -0.2) is 17.1 Å². The minimum absolute atomic E-state index is 0.195. The zero-order valence-corrected chi connectivity index (χ0v) is 13.3. The van der Waals surface area contributed by atoms with Crippen LogP contribution in [0.2, 0.25) is 0 Å². The lowest BCUT2D eigenvalue weighted by Gasteiger charge is -2.22. The van der Waals surface area contributed by atoms with Crippen molar-refractivity contribution in [2.45, 2.75) is 26.5 Å². The molecule has 1 unspecified atom stereocenters. The van der Waals surface area contributed by atoms with E-state index < -0.39 is 0 Å². The highest BCUT2D eigenvalue weighted by Crippen LogP contribution is 2.29. The summed E-state index contributed by atoms with van der Waals surface area (Å²) < 4.78 is 5.09. The second-order valence-electron chi connectivity index (χ2n) is 5.01. The largest absolute Gasteiger partial charge is 0.377 e. The summed E-state index contributed by atoms with van der Waals surface area (Å²) in [4.78, 5) is 9.99. The molecule has 0 aliphatic carbocycles. The molecule has 4 N–H and O–H groups in total. The zero-order valence-electron chi connectivity index (χ0n) is 12.5. The molecule has 0 fully saturated rings. The van der Waals surface area contributed by atoms with Crippen LogP contribution in [0, 0.1) is 5.92 Å². The molecule has 0 bridgehead atoms. The maximum atomic E-state index is 5.46. The highest BCUT2D eigenvalue weighted by Gasteiger charge is 2.18. The predicted octanol–water partition coefficient (Wildman–Crippen LogP) is 2.78. The number of aromatic nitrogens is 2. The number of ether oxygens (including phenoxy) is 1. The van der Waals surface area contributed by atoms with Gasteiger partial charge in [-0.3, -0.25) is 0 Å². The molecular formula is C14H21N5OS. The molecule has 2 aromatic heterocycles. The van der Waals surface area contributed by atoms with Gasteiger partial charge in [-0.05, 0) is 17.4 Å². The van der Waals surface area contributed by atoms with Gasteiger partial charge in [0.2, 0.25) is 0 Å². The summed E-state index contributed by atoms with van der Waals surface area (Å²) >= 11 is 1.73. The van der Waals surface area contributed by atoms with Crippen molar-refractivity contribution in [3.05, 3.63) is 34.3 Å². The Morgan fingerprint density at radius 2 is 2.10 bits per heavy atom. The minimum atomic E-state index is 0.195. The molecule has 0 amide bonds. The fraction of sp³-hybridized carbons (Fsp3) is 0.429. The fourth-order valence-corrected chi connectivity index (χ4v) is 2.98. The van der Waals surface area contributed by atoms with E-state index in [1.807, 2.05) is 0 Å². The number of methoxy groups -OCH3 is 1. The van der Waals surface area contributed by atoms with Gasteiger partial charge in [-0.25, -0.2) is 15.8 Å². The van der Waals surface area contributed by atoms with Crippen LogP contribution in [0.25, 0.3) is 0 Å². The van der Waals surface area contributed by atoms with Gasteiger partial charge in [0.05, 0.1) is 6.04 Å². The minimum Gasteiger partial charge on any atom is -0.377 e. The third-order valence-corrected chi connectivity index (χ3v) is 3.97. The van der Waals surface area contributed by atoms with Gasteiger partial charge in [-0.15, -0.1) is 11.3 Å². The molecule has 7 heteroatoms. The van der Waals surface area contributed by atoms with E-state index in [2.05, 4.69) is 52.1 Å². The third kappa shape index (κ3) is 4.13. The smallest absolute Gasteiger partial charge is 0.158 e. The monoisotopic (exact) mass is 307 g/mol. The summed E-state index contributed by atoms with van der Waals surface area (Å²) in [5.41, 5.74) is 2.56. The van der Waals surface area contributed by atoms with E-state index >= 15 is 0 Å². The molecular weight excluding hydrogens is 286 g/mol. The Morgan fingerprint density at radius 1 is 1.33 bits per heavy atom. The van der Waals surface area contributed by atoms with Crippen LogP contribution in [0.4, 0.5) is 11.6 Å². The van der Waals surface area contributed by atoms with Crippen molar-refractivity contribution in [2.75, 3.05) is 17.9 Å². The molecule has 0 aliphatic heterocycles. The molecule has 1 atom stereocenters. The Hall–Kier alpha value is -1.70. The van der Waals surface area contributed by atoms with Crippen LogP contribution < -0.4 is 16.6 Å². The molecule has 6 nitrogen and oxygen atoms in total. The Morgan fingerprint density at radius 3 is 2.67 bits per heavy atom. The number of thiophene rings is 1. The molecule has 21 heavy (non-hydrogen) atoms. The van der Waals surface area contributed by atoms with Crippen molar-refractivity contribution in [3.8, 4) is 0 Å². The van der Waals surface area contributed by atoms with E-state index in [1.54, 1.807) is 24.5 Å². The van der Waals surface area contributed by atoms with Crippen molar-refractivity contribution in [3.63, 3.8) is 0 Å². The number of hydrogen-bond acceptors (Lipinski definition) is 7. The Bertz CT molecular complexity index is 558. The highest BCUT2D eigenvalue weighted by atomic mass is 32.1. The van der Waals surface area contributed by atoms with Crippen molar-refractivity contribution in [2.24, 2.45) is 11.8 Å². The number of nitrogens with two attached hydrogens (primary N) is 1. The number of anilines is 2. The number of nitrogens with one attached hydrogen (secondary N) is 2. The van der Waals surface area contributed by atoms with Crippen LogP contribution in [0.3, 0.4) is 0 Å². The number of nitrogens with zero attached hydrogens (tertiary/aromatic N) is 2. The maximum absolute atomic E-state index is 5.46. The predicted molar refractivity (Wildman–Crippen MR) is 86.1 cm³/mol. The first-order valence-electron chi connectivity index (χ1n) is 6.77. The lowest BCUT2D eigenvalue weighted by atomic mass is 10.0. The number of nitrogen functional groups attached to an aromatic ring is 1. The number of hydrogen-bond donors (Lipinski definition) is 3. The van der Waals surface area contributed by atoms with E-state index in [1.165, 1.54) is 4.88 Å². The second kappa shape index (κ2) is 7.35. The zero-order chi connectivity index (χ0) is 15.2. The van der Waals surface area contributed by atoms with Crippen molar-refractivity contribution in [1.29, 1.82) is 0 Å². The molecule has 114 valence electrons. The van der Waals surface area contributed by atoms with Crippen LogP contribution in [-0.2, 0) is 11.3 Å². The molecule has 0 saturated heterocycles. The molecule has 0 spiro atoms. The van der Waals surface area contributed by atoms with Crippen molar-refractivity contribution in [1.82, 2.24) is 9.97 Å². The van der Waals surface area contributed by atoms with Crippen LogP contribution in [0.1, 0.15) is 30.6 Å². The summed E-state index contributed by atoms with van der Waals surface area (Å²) in [6.45, 7) is 4.70. The normalized spacial score (nSPS) is 12.4. The van der Waals surface area contributed by atoms with E-state index in [9.17, 15) is 0 Å². The third-order valence-electron chi connectivity index (χ3n) is 3.01. The van der Waals surface area contributed by atoms with Crippen molar-refractivity contribution < 1.29 is 4.74 Å². The fourth-order valence-electron chi connectivity index (χ4n) is 2.03. The molecule has 2 heterocycles. The molecule has 2 rings (SSSR count). The van der Waals surface area contributed by atoms with Gasteiger partial charge in [0, 0.05) is 18.1 Å². The lowest BCUT2D eigenvalue weighted by molar-refractivity contribution is 0.178. The average molecular weight is 307 g/mol. The van der Waals surface area contributed by atoms with E-state index in [0.29, 0.717) is 24.2 Å². The molecule has 0 radical (unpaired) electrons. The second-order valence-corrected chi connectivity index (χ2v) is 5.99. The van der Waals surface area contributed by atoms with Gasteiger partial charge >= 0.3 is 0 Å². The summed E-state index contributed by atoms with van der Waals surface area (Å²) in [6.07, 6.45) is 0. The first-order chi connectivity index (χ1) is 10.1. The van der Waals surface area contributed by atoms with Crippen LogP contribution in [0.5, 0.6) is 0 Å². The Labute approximate surface area is 128 Å². The SMILES string of the molecule is COCc1nc(NN)cc(NC(c2cccs2)C(C)C)n1. The molecule has 2 aromatic rings. The van der Waals surface area contributed by atoms with Crippen LogP contribution in [0.15, 0.2) is 23.6 Å². The molecule has 0 saturated carbocycles. The summed E-state index contributed by atoms with van der Waals surface area (Å²) in [7, 11) is 1.61. The Kier molecular flexibility index (Phi) is 5.49. The number of hydrazine groups is 1. The first-order valence-corrected chi connectivity index (χ1v) is 7.65. The molecule has 0 aromatic carbocycles. The standard InChI is InChI=1S/C14H21N5OS/c1-9(2)14(10-5-4-6-21-10)18-11-7-12(19-15)17-13(16-11)8-20-3/h4-7,9,14H,8,15H2,1-3H3,(H2,16,17,18,19). The van der Waals surface area contributed by atoms with Crippen molar-refractivity contribution >= 4 is 23.0 Å². The summed E-state index contributed by atoms with van der Waals surface area (Å²) in [6, 6.07) is 6.17. The maximum Gasteiger partial charge on any atom is 0.158 e. The van der Waals surface area contributed by atoms with E-state index in [4.69, 9.17) is 10.6 Å². The summed E-state index contributed by atoms with van der Waals surface area (Å²) in [5.74, 6) is 7.78. The van der Waals surface area contributed by atoms with Crippen LogP contribution >= 0.6 is 11.3 Å².